The van der Waals surface area contributed by atoms with Crippen LogP contribution in [-0.2, 0) is 6.54 Å². The number of nitrogens with zero attached hydrogens (tertiary/aromatic N) is 1. The van der Waals surface area contributed by atoms with Gasteiger partial charge in [0, 0.05) is 25.2 Å². The molecule has 1 saturated heterocycles. The van der Waals surface area contributed by atoms with Crippen molar-refractivity contribution < 1.29 is 9.84 Å². The number of ether oxygens (including phenoxy) is 1. The van der Waals surface area contributed by atoms with Crippen LogP contribution in [0.2, 0.25) is 0 Å². The summed E-state index contributed by atoms with van der Waals surface area (Å²) < 4.78 is 5.33. The van der Waals surface area contributed by atoms with E-state index < -0.39 is 0 Å². The van der Waals surface area contributed by atoms with E-state index in [1.54, 1.807) is 7.11 Å². The largest absolute Gasteiger partial charge is 0.496 e. The number of rotatable bonds is 3. The standard InChI is InChI=1S/C13H19NO2/c1-16-13-5-3-2-4-11(13)10-14-8-6-12(15)7-9-14/h2-5,12,15H,6-10H2,1H3. The van der Waals surface area contributed by atoms with Crippen molar-refractivity contribution in [3.05, 3.63) is 29.8 Å². The molecule has 1 aliphatic heterocycles. The van der Waals surface area contributed by atoms with Crippen LogP contribution in [0, 0.1) is 0 Å². The van der Waals surface area contributed by atoms with Crippen molar-refractivity contribution in [3.63, 3.8) is 0 Å². The third-order valence-corrected chi connectivity index (χ3v) is 3.14. The van der Waals surface area contributed by atoms with E-state index >= 15 is 0 Å². The fraction of sp³-hybridized carbons (Fsp3) is 0.538. The highest BCUT2D eigenvalue weighted by molar-refractivity contribution is 5.33. The Morgan fingerprint density at radius 1 is 1.31 bits per heavy atom. The number of para-hydroxylation sites is 1. The molecule has 16 heavy (non-hydrogen) atoms. The summed E-state index contributed by atoms with van der Waals surface area (Å²) in [5, 5.41) is 9.44. The second-order valence-corrected chi connectivity index (χ2v) is 4.32. The maximum Gasteiger partial charge on any atom is 0.123 e. The quantitative estimate of drug-likeness (QED) is 0.842. The Morgan fingerprint density at radius 2 is 2.00 bits per heavy atom. The first-order valence-electron chi connectivity index (χ1n) is 5.82. The number of benzene rings is 1. The lowest BCUT2D eigenvalue weighted by Gasteiger charge is -2.29. The number of aliphatic hydroxyl groups excluding tert-OH is 1. The molecule has 88 valence electrons. The summed E-state index contributed by atoms with van der Waals surface area (Å²) in [6, 6.07) is 8.12. The van der Waals surface area contributed by atoms with Crippen LogP contribution in [0.15, 0.2) is 24.3 Å². The van der Waals surface area contributed by atoms with E-state index in [1.807, 2.05) is 18.2 Å². The van der Waals surface area contributed by atoms with Gasteiger partial charge in [0.25, 0.3) is 0 Å². The molecule has 2 rings (SSSR count). The molecule has 1 aromatic carbocycles. The summed E-state index contributed by atoms with van der Waals surface area (Å²) in [4.78, 5) is 2.37. The minimum atomic E-state index is -0.103. The average Bonchev–Trinajstić information content (AvgIpc) is 2.33. The van der Waals surface area contributed by atoms with Gasteiger partial charge in [0.1, 0.15) is 5.75 Å². The van der Waals surface area contributed by atoms with Crippen molar-refractivity contribution in [1.29, 1.82) is 0 Å². The Labute approximate surface area is 96.6 Å². The lowest BCUT2D eigenvalue weighted by molar-refractivity contribution is 0.0789. The van der Waals surface area contributed by atoms with E-state index in [0.29, 0.717) is 0 Å². The predicted molar refractivity (Wildman–Crippen MR) is 63.5 cm³/mol. The van der Waals surface area contributed by atoms with Crippen molar-refractivity contribution in [2.24, 2.45) is 0 Å². The normalized spacial score (nSPS) is 18.6. The van der Waals surface area contributed by atoms with Crippen molar-refractivity contribution in [3.8, 4) is 5.75 Å². The number of methoxy groups -OCH3 is 1. The van der Waals surface area contributed by atoms with Gasteiger partial charge in [0.2, 0.25) is 0 Å². The molecule has 1 fully saturated rings. The first-order chi connectivity index (χ1) is 7.79. The number of hydrogen-bond donors (Lipinski definition) is 1. The third-order valence-electron chi connectivity index (χ3n) is 3.14. The second kappa shape index (κ2) is 5.32. The molecule has 0 unspecified atom stereocenters. The Bertz CT molecular complexity index is 332. The van der Waals surface area contributed by atoms with Gasteiger partial charge >= 0.3 is 0 Å². The molecule has 1 aromatic rings. The van der Waals surface area contributed by atoms with E-state index in [0.717, 1.165) is 38.2 Å². The molecule has 0 atom stereocenters. The molecule has 0 aromatic heterocycles. The summed E-state index contributed by atoms with van der Waals surface area (Å²) in [5.41, 5.74) is 1.22. The zero-order valence-electron chi connectivity index (χ0n) is 9.72. The van der Waals surface area contributed by atoms with E-state index in [1.165, 1.54) is 5.56 Å². The minimum Gasteiger partial charge on any atom is -0.496 e. The summed E-state index contributed by atoms with van der Waals surface area (Å²) in [7, 11) is 1.71. The zero-order valence-corrected chi connectivity index (χ0v) is 9.72. The van der Waals surface area contributed by atoms with Crippen LogP contribution >= 0.6 is 0 Å². The second-order valence-electron chi connectivity index (χ2n) is 4.32. The number of aliphatic hydroxyl groups is 1. The predicted octanol–water partition coefficient (Wildman–Crippen LogP) is 1.65. The monoisotopic (exact) mass is 221 g/mol. The maximum atomic E-state index is 9.44. The Kier molecular flexibility index (Phi) is 3.80. The van der Waals surface area contributed by atoms with Gasteiger partial charge in [-0.1, -0.05) is 18.2 Å². The van der Waals surface area contributed by atoms with Crippen LogP contribution in [-0.4, -0.2) is 36.3 Å². The number of hydrogen-bond acceptors (Lipinski definition) is 3. The van der Waals surface area contributed by atoms with Gasteiger partial charge in [-0.3, -0.25) is 4.90 Å². The van der Waals surface area contributed by atoms with Gasteiger partial charge in [-0.25, -0.2) is 0 Å². The lowest BCUT2D eigenvalue weighted by atomic mass is 10.1. The van der Waals surface area contributed by atoms with Gasteiger partial charge in [-0.15, -0.1) is 0 Å². The molecule has 0 bridgehead atoms. The molecular formula is C13H19NO2. The van der Waals surface area contributed by atoms with Crippen LogP contribution in [0.1, 0.15) is 18.4 Å². The molecule has 1 N–H and O–H groups in total. The van der Waals surface area contributed by atoms with E-state index in [2.05, 4.69) is 11.0 Å². The van der Waals surface area contributed by atoms with Crippen LogP contribution in [0.25, 0.3) is 0 Å². The molecule has 3 nitrogen and oxygen atoms in total. The highest BCUT2D eigenvalue weighted by Gasteiger charge is 2.17. The van der Waals surface area contributed by atoms with Crippen molar-refractivity contribution in [2.75, 3.05) is 20.2 Å². The van der Waals surface area contributed by atoms with Gasteiger partial charge < -0.3 is 9.84 Å². The molecule has 0 radical (unpaired) electrons. The first kappa shape index (κ1) is 11.4. The van der Waals surface area contributed by atoms with Crippen LogP contribution in [0.3, 0.4) is 0 Å². The van der Waals surface area contributed by atoms with Crippen molar-refractivity contribution in [1.82, 2.24) is 4.90 Å². The van der Waals surface area contributed by atoms with Crippen LogP contribution in [0.4, 0.5) is 0 Å². The van der Waals surface area contributed by atoms with Crippen LogP contribution in [0.5, 0.6) is 5.75 Å². The summed E-state index contributed by atoms with van der Waals surface area (Å²) >= 11 is 0. The van der Waals surface area contributed by atoms with Crippen molar-refractivity contribution in [2.45, 2.75) is 25.5 Å². The molecule has 0 spiro atoms. The van der Waals surface area contributed by atoms with Crippen LogP contribution < -0.4 is 4.74 Å². The van der Waals surface area contributed by atoms with Gasteiger partial charge in [0.05, 0.1) is 13.2 Å². The van der Waals surface area contributed by atoms with E-state index in [4.69, 9.17) is 4.74 Å². The first-order valence-corrected chi connectivity index (χ1v) is 5.82. The zero-order chi connectivity index (χ0) is 11.4. The minimum absolute atomic E-state index is 0.103. The summed E-state index contributed by atoms with van der Waals surface area (Å²) in [6.07, 6.45) is 1.67. The van der Waals surface area contributed by atoms with E-state index in [-0.39, 0.29) is 6.10 Å². The van der Waals surface area contributed by atoms with Gasteiger partial charge in [-0.05, 0) is 18.9 Å². The number of likely N-dealkylation sites (tertiary alicyclic amines) is 1. The summed E-state index contributed by atoms with van der Waals surface area (Å²) in [5.74, 6) is 0.952. The average molecular weight is 221 g/mol. The fourth-order valence-electron chi connectivity index (χ4n) is 2.15. The van der Waals surface area contributed by atoms with Gasteiger partial charge in [0.15, 0.2) is 0 Å². The maximum absolute atomic E-state index is 9.44. The fourth-order valence-corrected chi connectivity index (χ4v) is 2.15. The molecule has 1 aliphatic rings. The Morgan fingerprint density at radius 3 is 2.69 bits per heavy atom. The summed E-state index contributed by atoms with van der Waals surface area (Å²) in [6.45, 7) is 2.86. The molecule has 0 saturated carbocycles. The SMILES string of the molecule is COc1ccccc1CN1CCC(O)CC1. The molecule has 0 aliphatic carbocycles. The van der Waals surface area contributed by atoms with Crippen molar-refractivity contribution >= 4 is 0 Å². The van der Waals surface area contributed by atoms with E-state index in [9.17, 15) is 5.11 Å². The molecule has 3 heteroatoms. The molecule has 1 heterocycles. The lowest BCUT2D eigenvalue weighted by Crippen LogP contribution is -2.35. The Balaban J connectivity index is 1.98. The Hall–Kier alpha value is -1.06. The highest BCUT2D eigenvalue weighted by Crippen LogP contribution is 2.21. The highest BCUT2D eigenvalue weighted by atomic mass is 16.5. The smallest absolute Gasteiger partial charge is 0.123 e. The molecule has 0 amide bonds. The topological polar surface area (TPSA) is 32.7 Å². The number of piperidine rings is 1. The van der Waals surface area contributed by atoms with Gasteiger partial charge in [-0.2, -0.15) is 0 Å². The third kappa shape index (κ3) is 2.74. The molecular weight excluding hydrogens is 202 g/mol.